The summed E-state index contributed by atoms with van der Waals surface area (Å²) in [6.45, 7) is 4.70. The summed E-state index contributed by atoms with van der Waals surface area (Å²) in [5, 5.41) is -0.234. The van der Waals surface area contributed by atoms with E-state index in [0.717, 1.165) is 29.9 Å². The van der Waals surface area contributed by atoms with Gasteiger partial charge in [-0.05, 0) is 60.7 Å². The Morgan fingerprint density at radius 3 is 2.53 bits per heavy atom. The molecule has 1 saturated heterocycles. The number of halogens is 5. The molecule has 0 aliphatic carbocycles. The van der Waals surface area contributed by atoms with E-state index in [4.69, 9.17) is 23.2 Å². The van der Waals surface area contributed by atoms with Crippen molar-refractivity contribution in [2.24, 2.45) is 5.92 Å². The standard InChI is InChI=1S/C26H28Cl2F3N3O3S/c1-3-5-16-8-9-33(12-16)14-20-21(26(29,30)31)11-19-24(23(20)28)32-15-34(25(19)35)13-17-10-18(27)6-7-22(17)38(36,37)4-2/h6-7,10-11,15-16H,3-5,8-9,12-14H2,1-2H3/t16-/m0/s1. The Hall–Kier alpha value is -2.14. The van der Waals surface area contributed by atoms with Crippen molar-refractivity contribution in [2.45, 2.75) is 57.3 Å². The Balaban J connectivity index is 1.79. The summed E-state index contributed by atoms with van der Waals surface area (Å²) in [5.74, 6) is 0.266. The molecule has 0 saturated carbocycles. The quantitative estimate of drug-likeness (QED) is 0.313. The predicted molar refractivity (Wildman–Crippen MR) is 143 cm³/mol. The largest absolute Gasteiger partial charge is 0.416 e. The second-order valence-corrected chi connectivity index (χ2v) is 12.7. The molecule has 1 aromatic heterocycles. The minimum absolute atomic E-state index is 0.00671. The van der Waals surface area contributed by atoms with Crippen LogP contribution < -0.4 is 5.56 Å². The number of rotatable bonds is 8. The molecule has 12 heteroatoms. The van der Waals surface area contributed by atoms with Crippen LogP contribution in [0.25, 0.3) is 10.9 Å². The van der Waals surface area contributed by atoms with Gasteiger partial charge >= 0.3 is 6.18 Å². The number of aromatic nitrogens is 2. The van der Waals surface area contributed by atoms with Gasteiger partial charge in [0.2, 0.25) is 0 Å². The monoisotopic (exact) mass is 589 g/mol. The van der Waals surface area contributed by atoms with Crippen LogP contribution in [0.4, 0.5) is 13.2 Å². The predicted octanol–water partition coefficient (Wildman–Crippen LogP) is 6.19. The Morgan fingerprint density at radius 2 is 1.87 bits per heavy atom. The molecule has 1 aliphatic rings. The molecule has 1 aliphatic heterocycles. The van der Waals surface area contributed by atoms with Gasteiger partial charge in [0.25, 0.3) is 5.56 Å². The molecule has 206 valence electrons. The molecular formula is C26H28Cl2F3N3O3S. The molecule has 2 heterocycles. The smallest absolute Gasteiger partial charge is 0.299 e. The third-order valence-electron chi connectivity index (χ3n) is 6.99. The molecule has 0 spiro atoms. The molecule has 0 amide bonds. The molecule has 2 aromatic carbocycles. The maximum Gasteiger partial charge on any atom is 0.416 e. The van der Waals surface area contributed by atoms with Gasteiger partial charge in [-0.1, -0.05) is 43.5 Å². The molecule has 6 nitrogen and oxygen atoms in total. The van der Waals surface area contributed by atoms with Crippen molar-refractivity contribution >= 4 is 43.9 Å². The van der Waals surface area contributed by atoms with E-state index in [1.54, 1.807) is 0 Å². The molecule has 0 radical (unpaired) electrons. The lowest BCUT2D eigenvalue weighted by atomic mass is 10.0. The number of hydrogen-bond donors (Lipinski definition) is 0. The normalized spacial score (nSPS) is 17.0. The van der Waals surface area contributed by atoms with E-state index >= 15 is 0 Å². The first kappa shape index (κ1) is 28.9. The first-order valence-electron chi connectivity index (χ1n) is 12.4. The average molecular weight is 590 g/mol. The van der Waals surface area contributed by atoms with E-state index in [9.17, 15) is 26.4 Å². The fraction of sp³-hybridized carbons (Fsp3) is 0.462. The summed E-state index contributed by atoms with van der Waals surface area (Å²) in [5.41, 5.74) is -1.62. The highest BCUT2D eigenvalue weighted by Crippen LogP contribution is 2.39. The van der Waals surface area contributed by atoms with E-state index in [2.05, 4.69) is 11.9 Å². The number of likely N-dealkylation sites (tertiary alicyclic amines) is 1. The van der Waals surface area contributed by atoms with Crippen LogP contribution in [0.5, 0.6) is 0 Å². The number of sulfone groups is 1. The first-order valence-corrected chi connectivity index (χ1v) is 14.8. The molecule has 4 rings (SSSR count). The fourth-order valence-electron chi connectivity index (χ4n) is 5.06. The fourth-order valence-corrected chi connectivity index (χ4v) is 6.68. The van der Waals surface area contributed by atoms with Crippen molar-refractivity contribution in [3.63, 3.8) is 0 Å². The highest BCUT2D eigenvalue weighted by Gasteiger charge is 2.37. The number of nitrogens with zero attached hydrogens (tertiary/aromatic N) is 3. The summed E-state index contributed by atoms with van der Waals surface area (Å²) in [6, 6.07) is 5.00. The zero-order valence-electron chi connectivity index (χ0n) is 21.0. The van der Waals surface area contributed by atoms with E-state index in [1.807, 2.05) is 4.90 Å². The Bertz CT molecular complexity index is 1520. The van der Waals surface area contributed by atoms with Gasteiger partial charge in [-0.3, -0.25) is 14.3 Å². The van der Waals surface area contributed by atoms with Gasteiger partial charge in [0.05, 0.1) is 45.0 Å². The highest BCUT2D eigenvalue weighted by molar-refractivity contribution is 7.91. The van der Waals surface area contributed by atoms with Gasteiger partial charge in [0.15, 0.2) is 9.84 Å². The third-order valence-corrected chi connectivity index (χ3v) is 9.46. The van der Waals surface area contributed by atoms with E-state index < -0.39 is 27.1 Å². The summed E-state index contributed by atoms with van der Waals surface area (Å²) in [6.07, 6.45) is -0.617. The summed E-state index contributed by atoms with van der Waals surface area (Å²) in [4.78, 5) is 19.5. The van der Waals surface area contributed by atoms with Gasteiger partial charge in [0, 0.05) is 18.1 Å². The minimum atomic E-state index is -4.74. The topological polar surface area (TPSA) is 72.3 Å². The summed E-state index contributed by atoms with van der Waals surface area (Å²) in [7, 11) is -3.65. The van der Waals surface area contributed by atoms with E-state index in [0.29, 0.717) is 19.0 Å². The van der Waals surface area contributed by atoms with E-state index in [1.165, 1.54) is 31.5 Å². The zero-order valence-corrected chi connectivity index (χ0v) is 23.3. The van der Waals surface area contributed by atoms with Crippen LogP contribution in [0, 0.1) is 5.92 Å². The second kappa shape index (κ2) is 11.2. The number of alkyl halides is 3. The first-order chi connectivity index (χ1) is 17.9. The van der Waals surface area contributed by atoms with Crippen LogP contribution in [0.1, 0.15) is 49.8 Å². The van der Waals surface area contributed by atoms with Crippen molar-refractivity contribution in [3.8, 4) is 0 Å². The highest BCUT2D eigenvalue weighted by atomic mass is 35.5. The van der Waals surface area contributed by atoms with Crippen LogP contribution in [0.2, 0.25) is 10.0 Å². The summed E-state index contributed by atoms with van der Waals surface area (Å²) >= 11 is 12.6. The van der Waals surface area contributed by atoms with Crippen molar-refractivity contribution in [1.82, 2.24) is 14.5 Å². The third kappa shape index (κ3) is 5.88. The molecule has 1 atom stereocenters. The maximum atomic E-state index is 14.2. The molecule has 3 aromatic rings. The van der Waals surface area contributed by atoms with Gasteiger partial charge in [-0.2, -0.15) is 13.2 Å². The molecular weight excluding hydrogens is 562 g/mol. The lowest BCUT2D eigenvalue weighted by molar-refractivity contribution is -0.138. The van der Waals surface area contributed by atoms with Crippen LogP contribution in [0.15, 0.2) is 40.3 Å². The summed E-state index contributed by atoms with van der Waals surface area (Å²) < 4.78 is 68.8. The number of benzene rings is 2. The Morgan fingerprint density at radius 1 is 1.13 bits per heavy atom. The molecule has 0 N–H and O–H groups in total. The van der Waals surface area contributed by atoms with Gasteiger partial charge < -0.3 is 0 Å². The lowest BCUT2D eigenvalue weighted by Gasteiger charge is -2.22. The molecule has 0 bridgehead atoms. The van der Waals surface area contributed by atoms with Gasteiger partial charge in [-0.25, -0.2) is 13.4 Å². The van der Waals surface area contributed by atoms with Crippen molar-refractivity contribution in [3.05, 3.63) is 67.7 Å². The number of hydrogen-bond acceptors (Lipinski definition) is 5. The van der Waals surface area contributed by atoms with Crippen molar-refractivity contribution in [2.75, 3.05) is 18.8 Å². The molecule has 0 unspecified atom stereocenters. The average Bonchev–Trinajstić information content (AvgIpc) is 3.29. The van der Waals surface area contributed by atoms with E-state index in [-0.39, 0.29) is 55.8 Å². The minimum Gasteiger partial charge on any atom is -0.299 e. The Labute approximate surface area is 229 Å². The van der Waals surface area contributed by atoms with Gasteiger partial charge in [-0.15, -0.1) is 0 Å². The van der Waals surface area contributed by atoms with Crippen LogP contribution >= 0.6 is 23.2 Å². The lowest BCUT2D eigenvalue weighted by Crippen LogP contribution is -2.25. The molecule has 38 heavy (non-hydrogen) atoms. The van der Waals surface area contributed by atoms with Crippen LogP contribution in [0.3, 0.4) is 0 Å². The van der Waals surface area contributed by atoms with Crippen molar-refractivity contribution < 1.29 is 21.6 Å². The molecule has 1 fully saturated rings. The second-order valence-electron chi connectivity index (χ2n) is 9.62. The maximum absolute atomic E-state index is 14.2. The van der Waals surface area contributed by atoms with Gasteiger partial charge in [0.1, 0.15) is 0 Å². The number of fused-ring (bicyclic) bond motifs is 1. The van der Waals surface area contributed by atoms with Crippen LogP contribution in [-0.2, 0) is 29.1 Å². The SMILES string of the molecule is CCC[C@H]1CCN(Cc2c(C(F)(F)F)cc3c(=O)n(Cc4cc(Cl)ccc4S(=O)(=O)CC)cnc3c2Cl)C1. The Kier molecular flexibility index (Phi) is 8.47. The zero-order chi connectivity index (χ0) is 27.8. The van der Waals surface area contributed by atoms with Crippen molar-refractivity contribution in [1.29, 1.82) is 0 Å². The van der Waals surface area contributed by atoms with Crippen LogP contribution in [-0.4, -0.2) is 41.7 Å².